The van der Waals surface area contributed by atoms with Crippen molar-refractivity contribution in [1.29, 1.82) is 0 Å². The lowest BCUT2D eigenvalue weighted by Crippen LogP contribution is -2.19. The number of carbonyl (C=O) groups is 1. The number of hydrogen-bond donors (Lipinski definition) is 1. The number of methoxy groups -OCH3 is 1. The fourth-order valence-electron chi connectivity index (χ4n) is 1.29. The Morgan fingerprint density at radius 1 is 1.60 bits per heavy atom. The Morgan fingerprint density at radius 2 is 2.33 bits per heavy atom. The van der Waals surface area contributed by atoms with Crippen LogP contribution < -0.4 is 5.32 Å². The number of aromatic nitrogens is 1. The topological polar surface area (TPSA) is 51.2 Å². The van der Waals surface area contributed by atoms with Crippen molar-refractivity contribution < 1.29 is 9.53 Å². The van der Waals surface area contributed by atoms with Crippen LogP contribution in [0.2, 0.25) is 0 Å². The summed E-state index contributed by atoms with van der Waals surface area (Å²) in [5.41, 5.74) is 1.03. The molecule has 15 heavy (non-hydrogen) atoms. The molecule has 4 heteroatoms. The molecule has 0 aliphatic rings. The van der Waals surface area contributed by atoms with Gasteiger partial charge in [0.15, 0.2) is 0 Å². The molecule has 1 aromatic rings. The van der Waals surface area contributed by atoms with Gasteiger partial charge in [-0.2, -0.15) is 0 Å². The van der Waals surface area contributed by atoms with Gasteiger partial charge in [0, 0.05) is 13.3 Å². The smallest absolute Gasteiger partial charge is 0.251 e. The van der Waals surface area contributed by atoms with Crippen molar-refractivity contribution in [3.63, 3.8) is 0 Å². The van der Waals surface area contributed by atoms with Crippen molar-refractivity contribution in [1.82, 2.24) is 4.98 Å². The second-order valence-electron chi connectivity index (χ2n) is 3.58. The first-order valence-corrected chi connectivity index (χ1v) is 4.89. The van der Waals surface area contributed by atoms with Crippen molar-refractivity contribution in [3.8, 4) is 0 Å². The third-order valence-electron chi connectivity index (χ3n) is 1.99. The van der Waals surface area contributed by atoms with E-state index in [1.165, 1.54) is 7.11 Å². The minimum absolute atomic E-state index is 0.0497. The normalized spacial score (nSPS) is 10.4. The average Bonchev–Trinajstić information content (AvgIpc) is 2.18. The van der Waals surface area contributed by atoms with Crippen molar-refractivity contribution >= 4 is 11.7 Å². The fourth-order valence-corrected chi connectivity index (χ4v) is 1.29. The molecule has 1 rings (SSSR count). The van der Waals surface area contributed by atoms with Gasteiger partial charge in [-0.3, -0.25) is 4.79 Å². The molecule has 0 aliphatic heterocycles. The molecule has 0 fully saturated rings. The molecule has 0 saturated carbocycles. The number of rotatable bonds is 4. The minimum atomic E-state index is -0.182. The largest absolute Gasteiger partial charge is 0.375 e. The molecule has 1 aromatic heterocycles. The maximum absolute atomic E-state index is 11.3. The molecule has 0 aliphatic carbocycles. The summed E-state index contributed by atoms with van der Waals surface area (Å²) >= 11 is 0. The van der Waals surface area contributed by atoms with Gasteiger partial charge in [0.2, 0.25) is 0 Å². The van der Waals surface area contributed by atoms with Gasteiger partial charge in [0.1, 0.15) is 12.4 Å². The van der Waals surface area contributed by atoms with E-state index >= 15 is 0 Å². The summed E-state index contributed by atoms with van der Waals surface area (Å²) in [6, 6.07) is 3.82. The SMILES string of the molecule is COCC(=O)Nc1ncccc1C(C)C. The predicted molar refractivity (Wildman–Crippen MR) is 58.8 cm³/mol. The van der Waals surface area contributed by atoms with Crippen LogP contribution in [-0.4, -0.2) is 24.6 Å². The molecule has 0 atom stereocenters. The molecule has 0 bridgehead atoms. The highest BCUT2D eigenvalue weighted by molar-refractivity contribution is 5.91. The van der Waals surface area contributed by atoms with Crippen LogP contribution in [0.15, 0.2) is 18.3 Å². The molecular weight excluding hydrogens is 192 g/mol. The van der Waals surface area contributed by atoms with Gasteiger partial charge >= 0.3 is 0 Å². The van der Waals surface area contributed by atoms with Crippen LogP contribution in [0.25, 0.3) is 0 Å². The molecule has 0 aromatic carbocycles. The number of hydrogen-bond acceptors (Lipinski definition) is 3. The zero-order valence-electron chi connectivity index (χ0n) is 9.28. The molecule has 1 heterocycles. The van der Waals surface area contributed by atoms with E-state index in [1.807, 2.05) is 12.1 Å². The van der Waals surface area contributed by atoms with Gasteiger partial charge in [-0.1, -0.05) is 19.9 Å². The second-order valence-corrected chi connectivity index (χ2v) is 3.58. The zero-order chi connectivity index (χ0) is 11.3. The van der Waals surface area contributed by atoms with Crippen molar-refractivity contribution in [3.05, 3.63) is 23.9 Å². The van der Waals surface area contributed by atoms with Crippen LogP contribution in [0.4, 0.5) is 5.82 Å². The average molecular weight is 208 g/mol. The van der Waals surface area contributed by atoms with Gasteiger partial charge in [0.25, 0.3) is 5.91 Å². The molecule has 0 spiro atoms. The van der Waals surface area contributed by atoms with Crippen molar-refractivity contribution in [2.45, 2.75) is 19.8 Å². The van der Waals surface area contributed by atoms with E-state index in [1.54, 1.807) is 6.20 Å². The van der Waals surface area contributed by atoms with Crippen molar-refractivity contribution in [2.75, 3.05) is 19.0 Å². The minimum Gasteiger partial charge on any atom is -0.375 e. The van der Waals surface area contributed by atoms with E-state index in [0.717, 1.165) is 5.56 Å². The number of pyridine rings is 1. The van der Waals surface area contributed by atoms with Crippen LogP contribution in [-0.2, 0) is 9.53 Å². The van der Waals surface area contributed by atoms with E-state index in [2.05, 4.69) is 24.1 Å². The first-order chi connectivity index (χ1) is 7.15. The van der Waals surface area contributed by atoms with Crippen LogP contribution in [0.5, 0.6) is 0 Å². The Labute approximate surface area is 89.7 Å². The Kier molecular flexibility index (Phi) is 4.24. The maximum atomic E-state index is 11.3. The third-order valence-corrected chi connectivity index (χ3v) is 1.99. The Balaban J connectivity index is 2.80. The number of anilines is 1. The Bertz CT molecular complexity index is 337. The number of amides is 1. The highest BCUT2D eigenvalue weighted by Crippen LogP contribution is 2.20. The highest BCUT2D eigenvalue weighted by atomic mass is 16.5. The maximum Gasteiger partial charge on any atom is 0.251 e. The van der Waals surface area contributed by atoms with Gasteiger partial charge in [0.05, 0.1) is 0 Å². The lowest BCUT2D eigenvalue weighted by Gasteiger charge is -2.11. The highest BCUT2D eigenvalue weighted by Gasteiger charge is 2.09. The lowest BCUT2D eigenvalue weighted by atomic mass is 10.0. The summed E-state index contributed by atoms with van der Waals surface area (Å²) in [5, 5.41) is 2.72. The number of carbonyl (C=O) groups excluding carboxylic acids is 1. The lowest BCUT2D eigenvalue weighted by molar-refractivity contribution is -0.119. The van der Waals surface area contributed by atoms with E-state index in [0.29, 0.717) is 11.7 Å². The first-order valence-electron chi connectivity index (χ1n) is 4.89. The third kappa shape index (κ3) is 3.32. The summed E-state index contributed by atoms with van der Waals surface area (Å²) in [6.07, 6.45) is 1.66. The summed E-state index contributed by atoms with van der Waals surface area (Å²) in [6.45, 7) is 4.17. The van der Waals surface area contributed by atoms with E-state index in [9.17, 15) is 4.79 Å². The molecule has 0 radical (unpaired) electrons. The Hall–Kier alpha value is -1.42. The summed E-state index contributed by atoms with van der Waals surface area (Å²) in [5.74, 6) is 0.768. The molecule has 1 amide bonds. The zero-order valence-corrected chi connectivity index (χ0v) is 9.28. The quantitative estimate of drug-likeness (QED) is 0.820. The monoisotopic (exact) mass is 208 g/mol. The van der Waals surface area contributed by atoms with Gasteiger partial charge in [-0.25, -0.2) is 4.98 Å². The van der Waals surface area contributed by atoms with Crippen LogP contribution in [0, 0.1) is 0 Å². The second kappa shape index (κ2) is 5.46. The molecular formula is C11H16N2O2. The van der Waals surface area contributed by atoms with E-state index in [4.69, 9.17) is 4.74 Å². The van der Waals surface area contributed by atoms with Gasteiger partial charge in [-0.05, 0) is 17.5 Å². The first kappa shape index (κ1) is 11.7. The number of nitrogens with one attached hydrogen (secondary N) is 1. The Morgan fingerprint density at radius 3 is 2.93 bits per heavy atom. The standard InChI is InChI=1S/C11H16N2O2/c1-8(2)9-5-4-6-12-11(9)13-10(14)7-15-3/h4-6,8H,7H2,1-3H3,(H,12,13,14). The molecule has 0 unspecified atom stereocenters. The molecule has 4 nitrogen and oxygen atoms in total. The molecule has 0 saturated heterocycles. The fraction of sp³-hybridized carbons (Fsp3) is 0.455. The van der Waals surface area contributed by atoms with Gasteiger partial charge in [-0.15, -0.1) is 0 Å². The van der Waals surface area contributed by atoms with E-state index < -0.39 is 0 Å². The summed E-state index contributed by atoms with van der Waals surface area (Å²) < 4.78 is 4.74. The molecule has 82 valence electrons. The number of nitrogens with zero attached hydrogens (tertiary/aromatic N) is 1. The van der Waals surface area contributed by atoms with Crippen LogP contribution in [0.3, 0.4) is 0 Å². The van der Waals surface area contributed by atoms with Crippen LogP contribution in [0.1, 0.15) is 25.3 Å². The van der Waals surface area contributed by atoms with Gasteiger partial charge < -0.3 is 10.1 Å². The van der Waals surface area contributed by atoms with Crippen molar-refractivity contribution in [2.24, 2.45) is 0 Å². The van der Waals surface area contributed by atoms with Crippen LogP contribution >= 0.6 is 0 Å². The summed E-state index contributed by atoms with van der Waals surface area (Å²) in [4.78, 5) is 15.4. The van der Waals surface area contributed by atoms with E-state index in [-0.39, 0.29) is 12.5 Å². The predicted octanol–water partition coefficient (Wildman–Crippen LogP) is 1.79. The number of ether oxygens (including phenoxy) is 1. The molecule has 1 N–H and O–H groups in total. The summed E-state index contributed by atoms with van der Waals surface area (Å²) in [7, 11) is 1.49.